The van der Waals surface area contributed by atoms with Crippen molar-refractivity contribution in [1.29, 1.82) is 5.26 Å². The number of hydrogen-bond donors (Lipinski definition) is 0. The van der Waals surface area contributed by atoms with Gasteiger partial charge in [-0.25, -0.2) is 4.39 Å². The van der Waals surface area contributed by atoms with Crippen LogP contribution in [0.2, 0.25) is 0 Å². The van der Waals surface area contributed by atoms with Crippen molar-refractivity contribution in [3.8, 4) is 18.1 Å². The molecular formula is C12H9FN4O2S. The SMILES string of the molecule is COc1nc(OC)nc(Sc2ccc(C#N)cc2F)n1. The first-order valence-corrected chi connectivity index (χ1v) is 6.19. The minimum Gasteiger partial charge on any atom is -0.467 e. The molecule has 1 aromatic carbocycles. The van der Waals surface area contributed by atoms with Gasteiger partial charge in [0.25, 0.3) is 0 Å². The second-order valence-corrected chi connectivity index (χ2v) is 4.46. The highest BCUT2D eigenvalue weighted by Gasteiger charge is 2.11. The number of hydrogen-bond acceptors (Lipinski definition) is 7. The molecule has 0 aliphatic rings. The quantitative estimate of drug-likeness (QED) is 0.853. The lowest BCUT2D eigenvalue weighted by Crippen LogP contribution is -2.00. The Balaban J connectivity index is 2.32. The van der Waals surface area contributed by atoms with Crippen LogP contribution in [-0.4, -0.2) is 29.2 Å². The summed E-state index contributed by atoms with van der Waals surface area (Å²) in [5.41, 5.74) is 0.248. The van der Waals surface area contributed by atoms with E-state index < -0.39 is 5.82 Å². The number of nitrogens with zero attached hydrogens (tertiary/aromatic N) is 4. The molecule has 0 amide bonds. The van der Waals surface area contributed by atoms with Crippen LogP contribution in [0.1, 0.15) is 5.56 Å². The zero-order valence-corrected chi connectivity index (χ0v) is 11.4. The minimum absolute atomic E-state index is 0.0772. The summed E-state index contributed by atoms with van der Waals surface area (Å²) in [6.45, 7) is 0. The average Bonchev–Trinajstić information content (AvgIpc) is 2.48. The molecule has 20 heavy (non-hydrogen) atoms. The summed E-state index contributed by atoms with van der Waals surface area (Å²) in [7, 11) is 2.82. The number of nitriles is 1. The number of ether oxygens (including phenoxy) is 2. The van der Waals surface area contributed by atoms with E-state index in [2.05, 4.69) is 15.0 Å². The lowest BCUT2D eigenvalue weighted by molar-refractivity contribution is 0.332. The third kappa shape index (κ3) is 3.13. The lowest BCUT2D eigenvalue weighted by atomic mass is 10.2. The molecule has 0 spiro atoms. The molecule has 2 rings (SSSR count). The van der Waals surface area contributed by atoms with Gasteiger partial charge in [0.05, 0.1) is 30.7 Å². The van der Waals surface area contributed by atoms with E-state index in [-0.39, 0.29) is 22.7 Å². The van der Waals surface area contributed by atoms with Gasteiger partial charge in [0.1, 0.15) is 5.82 Å². The van der Waals surface area contributed by atoms with Gasteiger partial charge in [-0.15, -0.1) is 4.98 Å². The van der Waals surface area contributed by atoms with Gasteiger partial charge in [0.2, 0.25) is 5.16 Å². The van der Waals surface area contributed by atoms with Crippen LogP contribution >= 0.6 is 11.8 Å². The van der Waals surface area contributed by atoms with Crippen LogP contribution in [0.5, 0.6) is 12.0 Å². The van der Waals surface area contributed by atoms with Crippen molar-refractivity contribution in [2.75, 3.05) is 14.2 Å². The maximum Gasteiger partial charge on any atom is 0.323 e. The highest BCUT2D eigenvalue weighted by molar-refractivity contribution is 7.99. The normalized spacial score (nSPS) is 9.90. The van der Waals surface area contributed by atoms with E-state index in [9.17, 15) is 4.39 Å². The molecule has 8 heteroatoms. The van der Waals surface area contributed by atoms with Crippen LogP contribution < -0.4 is 9.47 Å². The van der Waals surface area contributed by atoms with Crippen molar-refractivity contribution >= 4 is 11.8 Å². The van der Waals surface area contributed by atoms with E-state index in [0.29, 0.717) is 4.90 Å². The van der Waals surface area contributed by atoms with E-state index in [4.69, 9.17) is 14.7 Å². The molecule has 1 aromatic heterocycles. The fourth-order valence-electron chi connectivity index (χ4n) is 1.30. The van der Waals surface area contributed by atoms with Crippen molar-refractivity contribution in [2.45, 2.75) is 10.1 Å². The topological polar surface area (TPSA) is 80.9 Å². The van der Waals surface area contributed by atoms with E-state index in [1.54, 1.807) is 0 Å². The number of halogens is 1. The predicted octanol–water partition coefficient (Wildman–Crippen LogP) is 2.05. The van der Waals surface area contributed by atoms with Crippen molar-refractivity contribution in [2.24, 2.45) is 0 Å². The van der Waals surface area contributed by atoms with Crippen molar-refractivity contribution in [1.82, 2.24) is 15.0 Å². The van der Waals surface area contributed by atoms with Gasteiger partial charge in [-0.1, -0.05) is 0 Å². The summed E-state index contributed by atoms with van der Waals surface area (Å²) < 4.78 is 23.6. The predicted molar refractivity (Wildman–Crippen MR) is 68.2 cm³/mol. The minimum atomic E-state index is -0.521. The Labute approximate surface area is 118 Å². The largest absolute Gasteiger partial charge is 0.467 e. The van der Waals surface area contributed by atoms with Gasteiger partial charge in [-0.3, -0.25) is 0 Å². The molecule has 0 radical (unpaired) electrons. The Bertz CT molecular complexity index is 653. The van der Waals surface area contributed by atoms with Gasteiger partial charge in [-0.2, -0.15) is 15.2 Å². The van der Waals surface area contributed by atoms with Crippen LogP contribution in [0.3, 0.4) is 0 Å². The van der Waals surface area contributed by atoms with Gasteiger partial charge >= 0.3 is 12.0 Å². The summed E-state index contributed by atoms with van der Waals surface area (Å²) in [5, 5.41) is 8.92. The highest BCUT2D eigenvalue weighted by atomic mass is 32.2. The van der Waals surface area contributed by atoms with Crippen LogP contribution in [0.4, 0.5) is 4.39 Å². The molecule has 0 unspecified atom stereocenters. The van der Waals surface area contributed by atoms with Crippen LogP contribution in [0.25, 0.3) is 0 Å². The number of methoxy groups -OCH3 is 2. The maximum atomic E-state index is 13.8. The molecule has 0 bridgehead atoms. The Morgan fingerprint density at radius 3 is 2.30 bits per heavy atom. The first kappa shape index (κ1) is 14.0. The molecule has 102 valence electrons. The Hall–Kier alpha value is -2.40. The first-order valence-electron chi connectivity index (χ1n) is 5.38. The zero-order chi connectivity index (χ0) is 14.5. The molecule has 0 saturated carbocycles. The van der Waals surface area contributed by atoms with Gasteiger partial charge in [0.15, 0.2) is 0 Å². The Morgan fingerprint density at radius 2 is 1.80 bits per heavy atom. The van der Waals surface area contributed by atoms with E-state index in [1.165, 1.54) is 26.4 Å². The maximum absolute atomic E-state index is 13.8. The molecule has 0 aliphatic carbocycles. The van der Waals surface area contributed by atoms with Crippen molar-refractivity contribution in [3.63, 3.8) is 0 Å². The fourth-order valence-corrected chi connectivity index (χ4v) is 2.04. The van der Waals surface area contributed by atoms with Crippen LogP contribution in [0.15, 0.2) is 28.3 Å². The van der Waals surface area contributed by atoms with Gasteiger partial charge in [-0.05, 0) is 30.0 Å². The molecule has 2 aromatic rings. The van der Waals surface area contributed by atoms with Crippen molar-refractivity contribution < 1.29 is 13.9 Å². The zero-order valence-electron chi connectivity index (χ0n) is 10.6. The second kappa shape index (κ2) is 6.16. The van der Waals surface area contributed by atoms with Gasteiger partial charge in [0, 0.05) is 0 Å². The summed E-state index contributed by atoms with van der Waals surface area (Å²) in [6.07, 6.45) is 0. The average molecular weight is 292 g/mol. The molecule has 0 saturated heterocycles. The third-order valence-electron chi connectivity index (χ3n) is 2.20. The monoisotopic (exact) mass is 292 g/mol. The summed E-state index contributed by atoms with van der Waals surface area (Å²) >= 11 is 0.986. The number of benzene rings is 1. The molecule has 0 N–H and O–H groups in total. The molecular weight excluding hydrogens is 283 g/mol. The first-order chi connectivity index (χ1) is 9.66. The Kier molecular flexibility index (Phi) is 4.32. The van der Waals surface area contributed by atoms with E-state index >= 15 is 0 Å². The Morgan fingerprint density at radius 1 is 1.15 bits per heavy atom. The molecule has 1 heterocycles. The van der Waals surface area contributed by atoms with E-state index in [0.717, 1.165) is 17.8 Å². The van der Waals surface area contributed by atoms with E-state index in [1.807, 2.05) is 6.07 Å². The molecule has 0 fully saturated rings. The number of aromatic nitrogens is 3. The van der Waals surface area contributed by atoms with Gasteiger partial charge < -0.3 is 9.47 Å². The van der Waals surface area contributed by atoms with Crippen LogP contribution in [0, 0.1) is 17.1 Å². The molecule has 0 aliphatic heterocycles. The molecule has 6 nitrogen and oxygen atoms in total. The summed E-state index contributed by atoms with van der Waals surface area (Å²) in [6, 6.07) is 6.17. The highest BCUT2D eigenvalue weighted by Crippen LogP contribution is 2.29. The second-order valence-electron chi connectivity index (χ2n) is 3.45. The molecule has 0 atom stereocenters. The van der Waals surface area contributed by atoms with Crippen molar-refractivity contribution in [3.05, 3.63) is 29.6 Å². The summed E-state index contributed by atoms with van der Waals surface area (Å²) in [5.74, 6) is -0.521. The summed E-state index contributed by atoms with van der Waals surface area (Å²) in [4.78, 5) is 12.1. The standard InChI is InChI=1S/C12H9FN4O2S/c1-18-10-15-11(19-2)17-12(16-10)20-9-4-3-7(6-14)5-8(9)13/h3-5H,1-2H3. The smallest absolute Gasteiger partial charge is 0.323 e. The van der Waals surface area contributed by atoms with Crippen LogP contribution in [-0.2, 0) is 0 Å². The third-order valence-corrected chi connectivity index (χ3v) is 3.12. The number of rotatable bonds is 4. The lowest BCUT2D eigenvalue weighted by Gasteiger charge is -2.05. The fraction of sp³-hybridized carbons (Fsp3) is 0.167.